The number of fused-ring (bicyclic) bond motifs is 1. The van der Waals surface area contributed by atoms with E-state index < -0.39 is 0 Å². The molecule has 0 unspecified atom stereocenters. The fraction of sp³-hybridized carbons (Fsp3) is 0.188. The molecule has 0 aliphatic carbocycles. The van der Waals surface area contributed by atoms with Gasteiger partial charge in [-0.3, -0.25) is 0 Å². The van der Waals surface area contributed by atoms with Gasteiger partial charge in [0.15, 0.2) is 5.82 Å². The van der Waals surface area contributed by atoms with Crippen molar-refractivity contribution in [3.63, 3.8) is 0 Å². The van der Waals surface area contributed by atoms with Gasteiger partial charge in [-0.2, -0.15) is 11.3 Å². The largest absolute Gasteiger partial charge is 0.228 e. The van der Waals surface area contributed by atoms with Crippen LogP contribution in [0.1, 0.15) is 19.9 Å². The van der Waals surface area contributed by atoms with E-state index in [1.165, 1.54) is 11.8 Å². The zero-order valence-electron chi connectivity index (χ0n) is 13.1. The molecule has 24 heavy (non-hydrogen) atoms. The van der Waals surface area contributed by atoms with Crippen LogP contribution in [0.25, 0.3) is 22.3 Å². The average Bonchev–Trinajstić information content (AvgIpc) is 3.26. The zero-order chi connectivity index (χ0) is 16.5. The summed E-state index contributed by atoms with van der Waals surface area (Å²) >= 11 is 3.10. The number of aromatic nitrogens is 6. The Morgan fingerprint density at radius 3 is 2.79 bits per heavy atom. The average molecular weight is 354 g/mol. The predicted molar refractivity (Wildman–Crippen MR) is 95.2 cm³/mol. The van der Waals surface area contributed by atoms with Gasteiger partial charge in [-0.1, -0.05) is 18.2 Å². The summed E-state index contributed by atoms with van der Waals surface area (Å²) in [4.78, 5) is 9.46. The molecule has 8 heteroatoms. The van der Waals surface area contributed by atoms with Crippen molar-refractivity contribution in [2.24, 2.45) is 0 Å². The van der Waals surface area contributed by atoms with Crippen molar-refractivity contribution in [3.8, 4) is 11.4 Å². The Hall–Kier alpha value is -2.32. The van der Waals surface area contributed by atoms with Crippen molar-refractivity contribution in [2.75, 3.05) is 0 Å². The molecule has 0 amide bonds. The van der Waals surface area contributed by atoms with Gasteiger partial charge in [0.25, 0.3) is 0 Å². The summed E-state index contributed by atoms with van der Waals surface area (Å²) in [6.07, 6.45) is 0. The van der Waals surface area contributed by atoms with Crippen LogP contribution in [0.2, 0.25) is 0 Å². The van der Waals surface area contributed by atoms with Gasteiger partial charge in [-0.05, 0) is 53.5 Å². The maximum Gasteiger partial charge on any atom is 0.215 e. The number of thiophene rings is 1. The first-order chi connectivity index (χ1) is 11.7. The van der Waals surface area contributed by atoms with Crippen LogP contribution in [0.4, 0.5) is 0 Å². The van der Waals surface area contributed by atoms with Crippen molar-refractivity contribution in [2.45, 2.75) is 30.1 Å². The zero-order valence-corrected chi connectivity index (χ0v) is 14.8. The van der Waals surface area contributed by atoms with Gasteiger partial charge < -0.3 is 0 Å². The molecule has 0 aliphatic rings. The van der Waals surface area contributed by atoms with Crippen LogP contribution in [0.5, 0.6) is 0 Å². The van der Waals surface area contributed by atoms with Crippen LogP contribution < -0.4 is 0 Å². The Morgan fingerprint density at radius 2 is 2.00 bits per heavy atom. The van der Waals surface area contributed by atoms with Crippen LogP contribution in [0.3, 0.4) is 0 Å². The van der Waals surface area contributed by atoms with Gasteiger partial charge in [-0.25, -0.2) is 14.6 Å². The lowest BCUT2D eigenvalue weighted by Crippen LogP contribution is -2.05. The number of benzene rings is 1. The van der Waals surface area contributed by atoms with Crippen molar-refractivity contribution in [1.29, 1.82) is 0 Å². The number of hydrogen-bond donors (Lipinski definition) is 0. The molecule has 0 saturated carbocycles. The number of hydrogen-bond acceptors (Lipinski definition) is 7. The number of tetrazole rings is 1. The molecule has 4 rings (SSSR count). The van der Waals surface area contributed by atoms with E-state index in [1.807, 2.05) is 35.7 Å². The monoisotopic (exact) mass is 354 g/mol. The van der Waals surface area contributed by atoms with Crippen molar-refractivity contribution < 1.29 is 0 Å². The number of para-hydroxylation sites is 1. The minimum atomic E-state index is 0.187. The summed E-state index contributed by atoms with van der Waals surface area (Å²) in [6.45, 7) is 4.10. The van der Waals surface area contributed by atoms with Crippen LogP contribution in [0, 0.1) is 0 Å². The summed E-state index contributed by atoms with van der Waals surface area (Å²) in [7, 11) is 0. The normalized spacial score (nSPS) is 11.5. The number of rotatable bonds is 4. The standard InChI is InChI=1S/C16H14N6S2/c1-10(2)22-16(19-20-21-22)24-15-12-5-3-4-6-13(12)17-14(18-15)11-7-8-23-9-11/h3-10H,1-2H3. The van der Waals surface area contributed by atoms with E-state index in [1.54, 1.807) is 16.0 Å². The fourth-order valence-corrected chi connectivity index (χ4v) is 3.95. The molecule has 0 atom stereocenters. The Bertz CT molecular complexity index is 977. The Labute approximate surface area is 147 Å². The highest BCUT2D eigenvalue weighted by Crippen LogP contribution is 2.33. The second kappa shape index (κ2) is 6.29. The minimum absolute atomic E-state index is 0.187. The third kappa shape index (κ3) is 2.78. The predicted octanol–water partition coefficient (Wildman–Crippen LogP) is 4.08. The van der Waals surface area contributed by atoms with Crippen LogP contribution in [-0.4, -0.2) is 30.2 Å². The molecule has 0 spiro atoms. The summed E-state index contributed by atoms with van der Waals surface area (Å²) in [6, 6.07) is 10.2. The van der Waals surface area contributed by atoms with Crippen LogP contribution >= 0.6 is 23.1 Å². The van der Waals surface area contributed by atoms with E-state index in [-0.39, 0.29) is 6.04 Å². The lowest BCUT2D eigenvalue weighted by atomic mass is 10.2. The second-order valence-corrected chi connectivity index (χ2v) is 7.22. The molecule has 6 nitrogen and oxygen atoms in total. The molecule has 0 aliphatic heterocycles. The molecule has 1 aromatic carbocycles. The first-order valence-electron chi connectivity index (χ1n) is 7.47. The molecule has 0 bridgehead atoms. The maximum absolute atomic E-state index is 4.77. The van der Waals surface area contributed by atoms with Crippen molar-refractivity contribution in [3.05, 3.63) is 41.1 Å². The third-order valence-corrected chi connectivity index (χ3v) is 5.13. The third-order valence-electron chi connectivity index (χ3n) is 3.49. The topological polar surface area (TPSA) is 69.4 Å². The van der Waals surface area contributed by atoms with E-state index in [4.69, 9.17) is 4.98 Å². The molecule has 0 saturated heterocycles. The molecule has 3 aromatic heterocycles. The maximum atomic E-state index is 4.77. The summed E-state index contributed by atoms with van der Waals surface area (Å²) in [5.41, 5.74) is 1.94. The van der Waals surface area contributed by atoms with E-state index in [0.717, 1.165) is 32.5 Å². The smallest absolute Gasteiger partial charge is 0.215 e. The van der Waals surface area contributed by atoms with Gasteiger partial charge in [0.05, 0.1) is 11.6 Å². The van der Waals surface area contributed by atoms with Gasteiger partial charge in [0.2, 0.25) is 5.16 Å². The lowest BCUT2D eigenvalue weighted by Gasteiger charge is -2.09. The summed E-state index contributed by atoms with van der Waals surface area (Å²) in [5.74, 6) is 0.723. The SMILES string of the molecule is CC(C)n1nnnc1Sc1nc(-c2ccsc2)nc2ccccc12. The molecule has 0 N–H and O–H groups in total. The lowest BCUT2D eigenvalue weighted by molar-refractivity contribution is 0.477. The minimum Gasteiger partial charge on any atom is -0.228 e. The van der Waals surface area contributed by atoms with E-state index in [0.29, 0.717) is 0 Å². The highest BCUT2D eigenvalue weighted by Gasteiger charge is 2.16. The highest BCUT2D eigenvalue weighted by atomic mass is 32.2. The molecule has 120 valence electrons. The van der Waals surface area contributed by atoms with Crippen molar-refractivity contribution >= 4 is 34.0 Å². The van der Waals surface area contributed by atoms with E-state index >= 15 is 0 Å². The highest BCUT2D eigenvalue weighted by molar-refractivity contribution is 7.99. The molecule has 4 aromatic rings. The first kappa shape index (κ1) is 15.2. The van der Waals surface area contributed by atoms with Gasteiger partial charge >= 0.3 is 0 Å². The molecule has 0 radical (unpaired) electrons. The quantitative estimate of drug-likeness (QED) is 0.514. The first-order valence-corrected chi connectivity index (χ1v) is 9.23. The number of nitrogens with zero attached hydrogens (tertiary/aromatic N) is 6. The van der Waals surface area contributed by atoms with Crippen LogP contribution in [0.15, 0.2) is 51.3 Å². The van der Waals surface area contributed by atoms with E-state index in [2.05, 4.69) is 39.7 Å². The summed E-state index contributed by atoms with van der Waals surface area (Å²) < 4.78 is 1.80. The Morgan fingerprint density at radius 1 is 1.12 bits per heavy atom. The summed E-state index contributed by atoms with van der Waals surface area (Å²) in [5, 5.41) is 18.7. The molecular weight excluding hydrogens is 340 g/mol. The Balaban J connectivity index is 1.85. The molecule has 0 fully saturated rings. The van der Waals surface area contributed by atoms with E-state index in [9.17, 15) is 0 Å². The van der Waals surface area contributed by atoms with Crippen LogP contribution in [-0.2, 0) is 0 Å². The second-order valence-electron chi connectivity index (χ2n) is 5.48. The Kier molecular flexibility index (Phi) is 3.99. The van der Waals surface area contributed by atoms with Gasteiger partial charge in [-0.15, -0.1) is 5.10 Å². The van der Waals surface area contributed by atoms with Gasteiger partial charge in [0.1, 0.15) is 5.03 Å². The molecular formula is C16H14N6S2. The fourth-order valence-electron chi connectivity index (χ4n) is 2.31. The van der Waals surface area contributed by atoms with Crippen molar-refractivity contribution in [1.82, 2.24) is 30.2 Å². The molecule has 3 heterocycles. The van der Waals surface area contributed by atoms with Gasteiger partial charge in [0, 0.05) is 16.3 Å².